The van der Waals surface area contributed by atoms with Crippen molar-refractivity contribution in [1.82, 2.24) is 4.98 Å². The molecule has 0 saturated carbocycles. The third kappa shape index (κ3) is 3.04. The van der Waals surface area contributed by atoms with Gasteiger partial charge in [-0.25, -0.2) is 8.42 Å². The largest absolute Gasteiger partial charge is 0.495 e. The second-order valence-electron chi connectivity index (χ2n) is 4.05. The maximum atomic E-state index is 12.3. The topological polar surface area (TPSA) is 118 Å². The first-order valence-electron chi connectivity index (χ1n) is 5.78. The van der Waals surface area contributed by atoms with Crippen molar-refractivity contribution >= 4 is 21.4 Å². The number of aromatic nitrogens is 1. The van der Waals surface area contributed by atoms with Gasteiger partial charge in [-0.15, -0.1) is 0 Å². The van der Waals surface area contributed by atoms with Crippen molar-refractivity contribution in [2.24, 2.45) is 0 Å². The van der Waals surface area contributed by atoms with Crippen LogP contribution < -0.4 is 15.2 Å². The van der Waals surface area contributed by atoms with Crippen LogP contribution in [-0.2, 0) is 10.0 Å². The Labute approximate surface area is 122 Å². The molecule has 8 heteroatoms. The molecule has 21 heavy (non-hydrogen) atoms. The highest BCUT2D eigenvalue weighted by Crippen LogP contribution is 2.28. The van der Waals surface area contributed by atoms with Crippen molar-refractivity contribution in [3.63, 3.8) is 0 Å². The number of anilines is 2. The summed E-state index contributed by atoms with van der Waals surface area (Å²) in [5.74, 6) is 0.236. The Bertz CT molecular complexity index is 812. The predicted octanol–water partition coefficient (Wildman–Crippen LogP) is 1.34. The summed E-state index contributed by atoms with van der Waals surface area (Å²) in [5, 5.41) is 8.83. The Morgan fingerprint density at radius 3 is 2.76 bits per heavy atom. The summed E-state index contributed by atoms with van der Waals surface area (Å²) >= 11 is 0. The molecular weight excluding hydrogens is 292 g/mol. The first-order chi connectivity index (χ1) is 9.97. The van der Waals surface area contributed by atoms with Crippen LogP contribution in [0.4, 0.5) is 11.4 Å². The maximum absolute atomic E-state index is 12.3. The molecule has 7 nitrogen and oxygen atoms in total. The molecule has 1 heterocycles. The molecular formula is C13H12N4O3S. The number of hydrogen-bond acceptors (Lipinski definition) is 6. The highest BCUT2D eigenvalue weighted by Gasteiger charge is 2.19. The van der Waals surface area contributed by atoms with Gasteiger partial charge in [0.05, 0.1) is 30.1 Å². The van der Waals surface area contributed by atoms with E-state index < -0.39 is 10.0 Å². The number of sulfonamides is 1. The monoisotopic (exact) mass is 304 g/mol. The van der Waals surface area contributed by atoms with Crippen molar-refractivity contribution < 1.29 is 13.2 Å². The smallest absolute Gasteiger partial charge is 0.265 e. The highest BCUT2D eigenvalue weighted by molar-refractivity contribution is 7.92. The second-order valence-corrected chi connectivity index (χ2v) is 5.70. The normalized spacial score (nSPS) is 10.7. The molecule has 0 radical (unpaired) electrons. The van der Waals surface area contributed by atoms with E-state index in [1.54, 1.807) is 0 Å². The van der Waals surface area contributed by atoms with Gasteiger partial charge < -0.3 is 10.5 Å². The summed E-state index contributed by atoms with van der Waals surface area (Å²) in [6, 6.07) is 7.70. The van der Waals surface area contributed by atoms with Gasteiger partial charge in [0.2, 0.25) is 0 Å². The number of nitriles is 1. The second kappa shape index (κ2) is 5.68. The summed E-state index contributed by atoms with van der Waals surface area (Å²) in [5.41, 5.74) is 6.30. The summed E-state index contributed by atoms with van der Waals surface area (Å²) in [6.07, 6.45) is 2.56. The van der Waals surface area contributed by atoms with Crippen LogP contribution in [0.15, 0.2) is 41.6 Å². The molecule has 2 aromatic rings. The van der Waals surface area contributed by atoms with E-state index in [0.717, 1.165) is 6.20 Å². The van der Waals surface area contributed by atoms with Crippen molar-refractivity contribution in [2.45, 2.75) is 4.90 Å². The molecule has 108 valence electrons. The number of benzene rings is 1. The number of nitrogen functional groups attached to an aromatic ring is 1. The third-order valence-electron chi connectivity index (χ3n) is 2.68. The van der Waals surface area contributed by atoms with Crippen molar-refractivity contribution in [1.29, 1.82) is 5.26 Å². The number of nitrogens with two attached hydrogens (primary N) is 1. The molecule has 0 amide bonds. The van der Waals surface area contributed by atoms with Crippen molar-refractivity contribution in [3.05, 3.63) is 42.2 Å². The van der Waals surface area contributed by atoms with Crippen LogP contribution in [0, 0.1) is 11.3 Å². The third-order valence-corrected chi connectivity index (χ3v) is 4.09. The summed E-state index contributed by atoms with van der Waals surface area (Å²) in [6.45, 7) is 0. The molecule has 0 aliphatic carbocycles. The minimum Gasteiger partial charge on any atom is -0.495 e. The summed E-state index contributed by atoms with van der Waals surface area (Å²) in [4.78, 5) is 3.62. The van der Waals surface area contributed by atoms with Gasteiger partial charge in [-0.05, 0) is 18.2 Å². The number of rotatable bonds is 4. The van der Waals surface area contributed by atoms with Gasteiger partial charge in [0.15, 0.2) is 0 Å². The minimum atomic E-state index is -3.90. The van der Waals surface area contributed by atoms with Gasteiger partial charge >= 0.3 is 0 Å². The van der Waals surface area contributed by atoms with Crippen LogP contribution in [0.2, 0.25) is 0 Å². The average molecular weight is 304 g/mol. The minimum absolute atomic E-state index is 0.0881. The zero-order valence-electron chi connectivity index (χ0n) is 11.1. The van der Waals surface area contributed by atoms with Gasteiger partial charge in [0.1, 0.15) is 10.6 Å². The van der Waals surface area contributed by atoms with E-state index in [4.69, 9.17) is 15.7 Å². The molecule has 0 unspecified atom stereocenters. The molecule has 0 spiro atoms. The highest BCUT2D eigenvalue weighted by atomic mass is 32.2. The molecule has 0 fully saturated rings. The van der Waals surface area contributed by atoms with Gasteiger partial charge in [0, 0.05) is 18.5 Å². The number of nitrogens with one attached hydrogen (secondary N) is 1. The quantitative estimate of drug-likeness (QED) is 0.880. The standard InChI is InChI=1S/C13H12N4O3S/c1-20-12-6-9(7-14)2-3-11(12)17-21(18,19)13-8-16-5-4-10(13)15/h2-6,8,17H,1H3,(H2,15,16). The van der Waals surface area contributed by atoms with E-state index in [1.165, 1.54) is 37.6 Å². The SMILES string of the molecule is COc1cc(C#N)ccc1NS(=O)(=O)c1cnccc1N. The zero-order chi connectivity index (χ0) is 15.5. The maximum Gasteiger partial charge on any atom is 0.265 e. The van der Waals surface area contributed by atoms with E-state index in [1.807, 2.05) is 6.07 Å². The van der Waals surface area contributed by atoms with E-state index in [-0.39, 0.29) is 22.0 Å². The fraction of sp³-hybridized carbons (Fsp3) is 0.0769. The molecule has 0 saturated heterocycles. The molecule has 0 aliphatic rings. The zero-order valence-corrected chi connectivity index (χ0v) is 11.9. The summed E-state index contributed by atoms with van der Waals surface area (Å²) in [7, 11) is -2.51. The Morgan fingerprint density at radius 2 is 2.14 bits per heavy atom. The molecule has 0 aliphatic heterocycles. The molecule has 3 N–H and O–H groups in total. The lowest BCUT2D eigenvalue weighted by Gasteiger charge is -2.12. The lowest BCUT2D eigenvalue weighted by atomic mass is 10.2. The molecule has 1 aromatic carbocycles. The van der Waals surface area contributed by atoms with Gasteiger partial charge in [-0.1, -0.05) is 0 Å². The van der Waals surface area contributed by atoms with Gasteiger partial charge in [-0.3, -0.25) is 9.71 Å². The lowest BCUT2D eigenvalue weighted by molar-refractivity contribution is 0.416. The lowest BCUT2D eigenvalue weighted by Crippen LogP contribution is -2.15. The van der Waals surface area contributed by atoms with E-state index >= 15 is 0 Å². The van der Waals surface area contributed by atoms with Crippen LogP contribution in [0.3, 0.4) is 0 Å². The first kappa shape index (κ1) is 14.6. The Hall–Kier alpha value is -2.79. The Morgan fingerprint density at radius 1 is 1.38 bits per heavy atom. The number of hydrogen-bond donors (Lipinski definition) is 2. The van der Waals surface area contributed by atoms with Crippen LogP contribution in [0.1, 0.15) is 5.56 Å². The van der Waals surface area contributed by atoms with Gasteiger partial charge in [0.25, 0.3) is 10.0 Å². The van der Waals surface area contributed by atoms with Crippen molar-refractivity contribution in [2.75, 3.05) is 17.6 Å². The molecule has 2 rings (SSSR count). The predicted molar refractivity (Wildman–Crippen MR) is 77.2 cm³/mol. The first-order valence-corrected chi connectivity index (χ1v) is 7.26. The summed E-state index contributed by atoms with van der Waals surface area (Å²) < 4.78 is 32.0. The Kier molecular flexibility index (Phi) is 3.95. The fourth-order valence-corrected chi connectivity index (χ4v) is 2.81. The Balaban J connectivity index is 2.42. The van der Waals surface area contributed by atoms with E-state index in [2.05, 4.69) is 9.71 Å². The van der Waals surface area contributed by atoms with Crippen LogP contribution >= 0.6 is 0 Å². The van der Waals surface area contributed by atoms with Crippen LogP contribution in [0.25, 0.3) is 0 Å². The van der Waals surface area contributed by atoms with Crippen molar-refractivity contribution in [3.8, 4) is 11.8 Å². The van der Waals surface area contributed by atoms with E-state index in [9.17, 15) is 8.42 Å². The fourth-order valence-electron chi connectivity index (χ4n) is 1.66. The average Bonchev–Trinajstić information content (AvgIpc) is 2.47. The van der Waals surface area contributed by atoms with Crippen LogP contribution in [-0.4, -0.2) is 20.5 Å². The molecule has 0 bridgehead atoms. The number of nitrogens with zero attached hydrogens (tertiary/aromatic N) is 2. The number of methoxy groups -OCH3 is 1. The van der Waals surface area contributed by atoms with E-state index in [0.29, 0.717) is 5.56 Å². The number of ether oxygens (including phenoxy) is 1. The number of pyridine rings is 1. The van der Waals surface area contributed by atoms with Gasteiger partial charge in [-0.2, -0.15) is 5.26 Å². The van der Waals surface area contributed by atoms with Crippen LogP contribution in [0.5, 0.6) is 5.75 Å². The molecule has 0 atom stereocenters. The molecule has 1 aromatic heterocycles.